The van der Waals surface area contributed by atoms with Gasteiger partial charge < -0.3 is 15.0 Å². The lowest BCUT2D eigenvalue weighted by atomic mass is 9.95. The number of nitrogens with one attached hydrogen (secondary N) is 1. The first-order valence-corrected chi connectivity index (χ1v) is 13.2. The molecule has 0 heterocycles. The summed E-state index contributed by atoms with van der Waals surface area (Å²) in [4.78, 5) is 28.3. The van der Waals surface area contributed by atoms with Gasteiger partial charge in [-0.3, -0.25) is 9.59 Å². The third kappa shape index (κ3) is 7.76. The second-order valence-electron chi connectivity index (χ2n) is 8.76. The summed E-state index contributed by atoms with van der Waals surface area (Å²) in [5.74, 6) is 1.13. The van der Waals surface area contributed by atoms with Crippen LogP contribution in [0.25, 0.3) is 0 Å². The molecule has 5 nitrogen and oxygen atoms in total. The number of amides is 2. The van der Waals surface area contributed by atoms with Gasteiger partial charge in [0.15, 0.2) is 0 Å². The Balaban J connectivity index is 1.71. The SMILES string of the molecule is CC[C@H](C(=O)NC1CCCCC1)N(Cc1cccc(OC)c1)C(=O)CSCc1ccc(F)cc1. The van der Waals surface area contributed by atoms with Crippen LogP contribution in [0.15, 0.2) is 48.5 Å². The number of carbonyl (C=O) groups excluding carboxylic acids is 2. The van der Waals surface area contributed by atoms with E-state index in [2.05, 4.69) is 5.32 Å². The van der Waals surface area contributed by atoms with E-state index in [0.29, 0.717) is 18.7 Å². The summed E-state index contributed by atoms with van der Waals surface area (Å²) in [7, 11) is 1.61. The van der Waals surface area contributed by atoms with E-state index < -0.39 is 6.04 Å². The zero-order chi connectivity index (χ0) is 24.3. The minimum atomic E-state index is -0.535. The maximum atomic E-state index is 13.4. The molecule has 1 atom stereocenters. The maximum Gasteiger partial charge on any atom is 0.243 e. The summed E-state index contributed by atoms with van der Waals surface area (Å²) in [6, 6.07) is 13.6. The van der Waals surface area contributed by atoms with Crippen LogP contribution < -0.4 is 10.1 Å². The predicted octanol–water partition coefficient (Wildman–Crippen LogP) is 5.32. The third-order valence-electron chi connectivity index (χ3n) is 6.23. The summed E-state index contributed by atoms with van der Waals surface area (Å²) in [6.45, 7) is 2.28. The minimum absolute atomic E-state index is 0.0748. The molecule has 0 unspecified atom stereocenters. The van der Waals surface area contributed by atoms with E-state index in [4.69, 9.17) is 4.74 Å². The van der Waals surface area contributed by atoms with E-state index >= 15 is 0 Å². The molecule has 0 saturated heterocycles. The number of thioether (sulfide) groups is 1. The molecule has 184 valence electrons. The number of carbonyl (C=O) groups is 2. The number of ether oxygens (including phenoxy) is 1. The molecule has 0 aromatic heterocycles. The molecule has 1 saturated carbocycles. The summed E-state index contributed by atoms with van der Waals surface area (Å²) in [5.41, 5.74) is 1.88. The quantitative estimate of drug-likeness (QED) is 0.467. The fraction of sp³-hybridized carbons (Fsp3) is 0.481. The average molecular weight is 487 g/mol. The van der Waals surface area contributed by atoms with Gasteiger partial charge in [0, 0.05) is 18.3 Å². The van der Waals surface area contributed by atoms with E-state index in [1.807, 2.05) is 31.2 Å². The van der Waals surface area contributed by atoms with Crippen molar-refractivity contribution in [3.8, 4) is 5.75 Å². The highest BCUT2D eigenvalue weighted by molar-refractivity contribution is 7.99. The van der Waals surface area contributed by atoms with Crippen LogP contribution in [0.4, 0.5) is 4.39 Å². The van der Waals surface area contributed by atoms with Crippen LogP contribution in [0, 0.1) is 5.82 Å². The molecule has 0 spiro atoms. The van der Waals surface area contributed by atoms with Gasteiger partial charge in [-0.05, 0) is 54.7 Å². The smallest absolute Gasteiger partial charge is 0.243 e. The Morgan fingerprint density at radius 1 is 1.12 bits per heavy atom. The first-order valence-electron chi connectivity index (χ1n) is 12.0. The van der Waals surface area contributed by atoms with E-state index in [-0.39, 0.29) is 29.4 Å². The fourth-order valence-electron chi connectivity index (χ4n) is 4.35. The van der Waals surface area contributed by atoms with Crippen LogP contribution in [0.3, 0.4) is 0 Å². The molecule has 3 rings (SSSR count). The summed E-state index contributed by atoms with van der Waals surface area (Å²) < 4.78 is 18.5. The number of nitrogens with zero attached hydrogens (tertiary/aromatic N) is 1. The minimum Gasteiger partial charge on any atom is -0.497 e. The molecule has 0 radical (unpaired) electrons. The van der Waals surface area contributed by atoms with Gasteiger partial charge in [-0.2, -0.15) is 0 Å². The number of methoxy groups -OCH3 is 1. The molecule has 34 heavy (non-hydrogen) atoms. The van der Waals surface area contributed by atoms with Gasteiger partial charge in [0.2, 0.25) is 11.8 Å². The van der Waals surface area contributed by atoms with Crippen molar-refractivity contribution in [2.45, 2.75) is 69.8 Å². The van der Waals surface area contributed by atoms with Crippen LogP contribution >= 0.6 is 11.8 Å². The van der Waals surface area contributed by atoms with E-state index in [1.165, 1.54) is 30.3 Å². The molecular formula is C27H35FN2O3S. The van der Waals surface area contributed by atoms with Crippen LogP contribution in [-0.4, -0.2) is 41.7 Å². The molecule has 1 aliphatic carbocycles. The Morgan fingerprint density at radius 3 is 2.53 bits per heavy atom. The second kappa shape index (κ2) is 13.4. The van der Waals surface area contributed by atoms with Crippen LogP contribution in [-0.2, 0) is 21.9 Å². The third-order valence-corrected chi connectivity index (χ3v) is 7.22. The lowest BCUT2D eigenvalue weighted by Crippen LogP contribution is -2.52. The van der Waals surface area contributed by atoms with Crippen molar-refractivity contribution in [3.05, 3.63) is 65.5 Å². The van der Waals surface area contributed by atoms with Crippen molar-refractivity contribution in [1.29, 1.82) is 0 Å². The van der Waals surface area contributed by atoms with Crippen LogP contribution in [0.1, 0.15) is 56.6 Å². The van der Waals surface area contributed by atoms with E-state index in [9.17, 15) is 14.0 Å². The topological polar surface area (TPSA) is 58.6 Å². The molecule has 0 bridgehead atoms. The van der Waals surface area contributed by atoms with Crippen molar-refractivity contribution in [1.82, 2.24) is 10.2 Å². The van der Waals surface area contributed by atoms with Gasteiger partial charge >= 0.3 is 0 Å². The Morgan fingerprint density at radius 2 is 1.85 bits per heavy atom. The van der Waals surface area contributed by atoms with Crippen molar-refractivity contribution in [2.24, 2.45) is 0 Å². The summed E-state index contributed by atoms with van der Waals surface area (Å²) in [6.07, 6.45) is 6.02. The molecule has 0 aliphatic heterocycles. The molecule has 1 N–H and O–H groups in total. The van der Waals surface area contributed by atoms with Gasteiger partial charge in [0.05, 0.1) is 12.9 Å². The standard InChI is InChI=1S/C27H35FN2O3S/c1-3-25(27(32)29-23-9-5-4-6-10-23)30(17-21-8-7-11-24(16-21)33-2)26(31)19-34-18-20-12-14-22(28)15-13-20/h7-8,11-16,23,25H,3-6,9-10,17-19H2,1-2H3,(H,29,32)/t25-/m1/s1. The molecular weight excluding hydrogens is 451 g/mol. The van der Waals surface area contributed by atoms with Crippen molar-refractivity contribution in [2.75, 3.05) is 12.9 Å². The zero-order valence-electron chi connectivity index (χ0n) is 20.1. The Bertz CT molecular complexity index is 932. The van der Waals surface area contributed by atoms with Gasteiger partial charge in [-0.25, -0.2) is 4.39 Å². The highest BCUT2D eigenvalue weighted by Crippen LogP contribution is 2.21. The maximum absolute atomic E-state index is 13.4. The number of hydrogen-bond acceptors (Lipinski definition) is 4. The summed E-state index contributed by atoms with van der Waals surface area (Å²) >= 11 is 1.47. The lowest BCUT2D eigenvalue weighted by Gasteiger charge is -2.32. The first-order chi connectivity index (χ1) is 16.5. The van der Waals surface area contributed by atoms with Crippen LogP contribution in [0.5, 0.6) is 5.75 Å². The highest BCUT2D eigenvalue weighted by atomic mass is 32.2. The largest absolute Gasteiger partial charge is 0.497 e. The monoisotopic (exact) mass is 486 g/mol. The average Bonchev–Trinajstić information content (AvgIpc) is 2.85. The molecule has 2 aromatic rings. The number of rotatable bonds is 11. The van der Waals surface area contributed by atoms with Crippen molar-refractivity contribution >= 4 is 23.6 Å². The molecule has 7 heteroatoms. The van der Waals surface area contributed by atoms with E-state index in [1.54, 1.807) is 24.1 Å². The Kier molecular flexibility index (Phi) is 10.3. The molecule has 1 aliphatic rings. The van der Waals surface area contributed by atoms with Gasteiger partial charge in [-0.15, -0.1) is 11.8 Å². The van der Waals surface area contributed by atoms with Gasteiger partial charge in [-0.1, -0.05) is 50.5 Å². The number of hydrogen-bond donors (Lipinski definition) is 1. The first kappa shape index (κ1) is 26.1. The van der Waals surface area contributed by atoms with Crippen molar-refractivity contribution < 1.29 is 18.7 Å². The fourth-order valence-corrected chi connectivity index (χ4v) is 5.22. The lowest BCUT2D eigenvalue weighted by molar-refractivity contribution is -0.139. The van der Waals surface area contributed by atoms with Gasteiger partial charge in [0.25, 0.3) is 0 Å². The van der Waals surface area contributed by atoms with Crippen molar-refractivity contribution in [3.63, 3.8) is 0 Å². The highest BCUT2D eigenvalue weighted by Gasteiger charge is 2.30. The number of benzene rings is 2. The van der Waals surface area contributed by atoms with Crippen LogP contribution in [0.2, 0.25) is 0 Å². The summed E-state index contributed by atoms with van der Waals surface area (Å²) in [5, 5.41) is 3.20. The normalized spacial score (nSPS) is 14.9. The zero-order valence-corrected chi connectivity index (χ0v) is 20.9. The Hall–Kier alpha value is -2.54. The predicted molar refractivity (Wildman–Crippen MR) is 135 cm³/mol. The molecule has 2 aromatic carbocycles. The number of halogens is 1. The second-order valence-corrected chi connectivity index (χ2v) is 9.75. The Labute approximate surface area is 206 Å². The van der Waals surface area contributed by atoms with Gasteiger partial charge in [0.1, 0.15) is 17.6 Å². The molecule has 2 amide bonds. The van der Waals surface area contributed by atoms with E-state index in [0.717, 1.165) is 42.6 Å². The molecule has 1 fully saturated rings.